The molecule has 102 valence electrons. The van der Waals surface area contributed by atoms with Crippen LogP contribution in [0.1, 0.15) is 19.3 Å². The van der Waals surface area contributed by atoms with E-state index in [1.54, 1.807) is 0 Å². The molecule has 4 nitrogen and oxygen atoms in total. The highest BCUT2D eigenvalue weighted by Crippen LogP contribution is 2.29. The number of ketones is 1. The number of nitrogens with zero attached hydrogens (tertiary/aromatic N) is 2. The van der Waals surface area contributed by atoms with Crippen molar-refractivity contribution in [1.29, 1.82) is 0 Å². The molecule has 0 aromatic heterocycles. The number of hydrogen-bond acceptors (Lipinski definition) is 4. The molecule has 1 atom stereocenters. The third-order valence-corrected chi connectivity index (χ3v) is 4.44. The van der Waals surface area contributed by atoms with E-state index < -0.39 is 0 Å². The summed E-state index contributed by atoms with van der Waals surface area (Å²) in [4.78, 5) is 16.9. The average molecular weight is 252 g/mol. The van der Waals surface area contributed by atoms with E-state index in [0.717, 1.165) is 45.1 Å². The van der Waals surface area contributed by atoms with Gasteiger partial charge in [-0.3, -0.25) is 9.69 Å². The second kappa shape index (κ2) is 5.68. The van der Waals surface area contributed by atoms with Gasteiger partial charge in [-0.25, -0.2) is 0 Å². The Morgan fingerprint density at radius 1 is 1.06 bits per heavy atom. The van der Waals surface area contributed by atoms with Gasteiger partial charge < -0.3 is 9.64 Å². The fraction of sp³-hybridized carbons (Fsp3) is 0.929. The molecule has 0 N–H and O–H groups in total. The van der Waals surface area contributed by atoms with Gasteiger partial charge >= 0.3 is 0 Å². The van der Waals surface area contributed by atoms with Crippen LogP contribution < -0.4 is 0 Å². The smallest absolute Gasteiger partial charge is 0.152 e. The maximum Gasteiger partial charge on any atom is 0.152 e. The highest BCUT2D eigenvalue weighted by Gasteiger charge is 2.28. The van der Waals surface area contributed by atoms with Gasteiger partial charge in [0.25, 0.3) is 0 Å². The SMILES string of the molecule is O=C(CN1CCN(CC2CC2)CC1)C1CCOC1. The minimum absolute atomic E-state index is 0.175. The molecule has 4 heteroatoms. The molecule has 0 aromatic carbocycles. The van der Waals surface area contributed by atoms with Gasteiger partial charge in [-0.1, -0.05) is 0 Å². The molecule has 0 radical (unpaired) electrons. The van der Waals surface area contributed by atoms with Crippen molar-refractivity contribution in [3.05, 3.63) is 0 Å². The van der Waals surface area contributed by atoms with Gasteiger partial charge in [0.05, 0.1) is 13.2 Å². The monoisotopic (exact) mass is 252 g/mol. The Labute approximate surface area is 109 Å². The van der Waals surface area contributed by atoms with Crippen molar-refractivity contribution in [3.63, 3.8) is 0 Å². The quantitative estimate of drug-likeness (QED) is 0.718. The van der Waals surface area contributed by atoms with Crippen LogP contribution in [-0.2, 0) is 9.53 Å². The van der Waals surface area contributed by atoms with Crippen LogP contribution in [-0.4, -0.2) is 68.1 Å². The predicted molar refractivity (Wildman–Crippen MR) is 69.5 cm³/mol. The fourth-order valence-corrected chi connectivity index (χ4v) is 2.93. The lowest BCUT2D eigenvalue weighted by atomic mass is 10.0. The molecule has 18 heavy (non-hydrogen) atoms. The van der Waals surface area contributed by atoms with E-state index in [4.69, 9.17) is 4.74 Å². The van der Waals surface area contributed by atoms with E-state index in [1.807, 2.05) is 0 Å². The molecule has 0 amide bonds. The minimum atomic E-state index is 0.175. The summed E-state index contributed by atoms with van der Waals surface area (Å²) in [6, 6.07) is 0. The van der Waals surface area contributed by atoms with Gasteiger partial charge in [0.15, 0.2) is 5.78 Å². The first kappa shape index (κ1) is 12.6. The summed E-state index contributed by atoms with van der Waals surface area (Å²) in [5, 5.41) is 0. The minimum Gasteiger partial charge on any atom is -0.381 e. The first-order valence-electron chi connectivity index (χ1n) is 7.36. The standard InChI is InChI=1S/C14H24N2O2/c17-14(13-3-8-18-11-13)10-16-6-4-15(5-7-16)9-12-1-2-12/h12-13H,1-11H2. The van der Waals surface area contributed by atoms with Crippen LogP contribution in [0.2, 0.25) is 0 Å². The van der Waals surface area contributed by atoms with Crippen molar-refractivity contribution >= 4 is 5.78 Å². The summed E-state index contributed by atoms with van der Waals surface area (Å²) in [5.74, 6) is 1.55. The Morgan fingerprint density at radius 3 is 2.39 bits per heavy atom. The third-order valence-electron chi connectivity index (χ3n) is 4.44. The lowest BCUT2D eigenvalue weighted by Crippen LogP contribution is -2.49. The molecular formula is C14H24N2O2. The van der Waals surface area contributed by atoms with Crippen LogP contribution in [0, 0.1) is 11.8 Å². The summed E-state index contributed by atoms with van der Waals surface area (Å²) in [6.07, 6.45) is 3.79. The molecule has 1 aliphatic carbocycles. The molecular weight excluding hydrogens is 228 g/mol. The van der Waals surface area contributed by atoms with Gasteiger partial charge in [0.2, 0.25) is 0 Å². The summed E-state index contributed by atoms with van der Waals surface area (Å²) in [6.45, 7) is 7.77. The van der Waals surface area contributed by atoms with Gasteiger partial charge in [-0.15, -0.1) is 0 Å². The largest absolute Gasteiger partial charge is 0.381 e. The van der Waals surface area contributed by atoms with E-state index in [9.17, 15) is 4.79 Å². The predicted octanol–water partition coefficient (Wildman–Crippen LogP) is 0.620. The van der Waals surface area contributed by atoms with Gasteiger partial charge in [-0.2, -0.15) is 0 Å². The molecule has 3 rings (SSSR count). The topological polar surface area (TPSA) is 32.8 Å². The van der Waals surface area contributed by atoms with Crippen molar-refractivity contribution in [3.8, 4) is 0 Å². The van der Waals surface area contributed by atoms with Gasteiger partial charge in [0.1, 0.15) is 0 Å². The number of hydrogen-bond donors (Lipinski definition) is 0. The van der Waals surface area contributed by atoms with E-state index in [-0.39, 0.29) is 5.92 Å². The third kappa shape index (κ3) is 3.31. The van der Waals surface area contributed by atoms with Crippen molar-refractivity contribution in [2.24, 2.45) is 11.8 Å². The van der Waals surface area contributed by atoms with Crippen LogP contribution in [0.5, 0.6) is 0 Å². The number of Topliss-reactive ketones (excluding diaryl/α,β-unsaturated/α-hetero) is 1. The van der Waals surface area contributed by atoms with E-state index >= 15 is 0 Å². The molecule has 3 aliphatic rings. The van der Waals surface area contributed by atoms with Crippen LogP contribution in [0.25, 0.3) is 0 Å². The second-order valence-electron chi connectivity index (χ2n) is 6.05. The number of carbonyl (C=O) groups is 1. The molecule has 2 saturated heterocycles. The Morgan fingerprint density at radius 2 is 1.78 bits per heavy atom. The van der Waals surface area contributed by atoms with Crippen LogP contribution >= 0.6 is 0 Å². The van der Waals surface area contributed by atoms with Gasteiger partial charge in [0, 0.05) is 45.2 Å². The first-order valence-corrected chi connectivity index (χ1v) is 7.36. The van der Waals surface area contributed by atoms with Gasteiger partial charge in [-0.05, 0) is 25.2 Å². The zero-order valence-corrected chi connectivity index (χ0v) is 11.1. The summed E-state index contributed by atoms with van der Waals surface area (Å²) >= 11 is 0. The zero-order valence-electron chi connectivity index (χ0n) is 11.1. The number of ether oxygens (including phenoxy) is 1. The number of carbonyl (C=O) groups excluding carboxylic acids is 1. The number of rotatable bonds is 5. The normalized spacial score (nSPS) is 30.8. The van der Waals surface area contributed by atoms with E-state index in [0.29, 0.717) is 18.9 Å². The Bertz CT molecular complexity index is 290. The van der Waals surface area contributed by atoms with Crippen molar-refractivity contribution in [1.82, 2.24) is 9.80 Å². The lowest BCUT2D eigenvalue weighted by Gasteiger charge is -2.34. The van der Waals surface area contributed by atoms with Crippen LogP contribution in [0.3, 0.4) is 0 Å². The highest BCUT2D eigenvalue weighted by molar-refractivity contribution is 5.83. The Hall–Kier alpha value is -0.450. The molecule has 1 saturated carbocycles. The second-order valence-corrected chi connectivity index (χ2v) is 6.05. The molecule has 0 bridgehead atoms. The lowest BCUT2D eigenvalue weighted by molar-refractivity contribution is -0.124. The summed E-state index contributed by atoms with van der Waals surface area (Å²) in [5.41, 5.74) is 0. The summed E-state index contributed by atoms with van der Waals surface area (Å²) < 4.78 is 5.29. The van der Waals surface area contributed by atoms with Crippen molar-refractivity contribution < 1.29 is 9.53 Å². The number of piperazine rings is 1. The molecule has 1 unspecified atom stereocenters. The maximum atomic E-state index is 12.0. The molecule has 2 heterocycles. The Balaban J connectivity index is 1.37. The van der Waals surface area contributed by atoms with E-state index in [2.05, 4.69) is 9.80 Å². The molecule has 0 aromatic rings. The van der Waals surface area contributed by atoms with Crippen LogP contribution in [0.15, 0.2) is 0 Å². The fourth-order valence-electron chi connectivity index (χ4n) is 2.93. The summed E-state index contributed by atoms with van der Waals surface area (Å²) in [7, 11) is 0. The molecule has 3 fully saturated rings. The van der Waals surface area contributed by atoms with Crippen molar-refractivity contribution in [2.75, 3.05) is 52.5 Å². The average Bonchev–Trinajstić information content (AvgIpc) is 3.02. The maximum absolute atomic E-state index is 12.0. The highest BCUT2D eigenvalue weighted by atomic mass is 16.5. The Kier molecular flexibility index (Phi) is 3.97. The zero-order chi connectivity index (χ0) is 12.4. The molecule has 0 spiro atoms. The first-order chi connectivity index (χ1) is 8.81. The van der Waals surface area contributed by atoms with Crippen molar-refractivity contribution in [2.45, 2.75) is 19.3 Å². The van der Waals surface area contributed by atoms with E-state index in [1.165, 1.54) is 19.4 Å². The van der Waals surface area contributed by atoms with Crippen LogP contribution in [0.4, 0.5) is 0 Å². The molecule has 2 aliphatic heterocycles.